The van der Waals surface area contributed by atoms with Crippen molar-refractivity contribution in [2.24, 2.45) is 0 Å². The molecule has 31 heavy (non-hydrogen) atoms. The van der Waals surface area contributed by atoms with Crippen LogP contribution in [0.15, 0.2) is 65.6 Å². The summed E-state index contributed by atoms with van der Waals surface area (Å²) in [6.45, 7) is 5.06. The van der Waals surface area contributed by atoms with E-state index in [1.807, 2.05) is 6.92 Å². The number of sulfonamides is 1. The van der Waals surface area contributed by atoms with Gasteiger partial charge in [0.05, 0.1) is 21.1 Å². The van der Waals surface area contributed by atoms with Gasteiger partial charge in [-0.2, -0.15) is 0 Å². The molecule has 0 saturated carbocycles. The molecule has 0 bridgehead atoms. The monoisotopic (exact) mass is 439 g/mol. The lowest BCUT2D eigenvalue weighted by Crippen LogP contribution is -2.17. The van der Waals surface area contributed by atoms with Crippen LogP contribution in [0.2, 0.25) is 0 Å². The van der Waals surface area contributed by atoms with E-state index < -0.39 is 20.9 Å². The summed E-state index contributed by atoms with van der Waals surface area (Å²) in [6.07, 6.45) is 0. The molecule has 0 spiro atoms. The zero-order valence-electron chi connectivity index (χ0n) is 17.2. The Balaban J connectivity index is 1.90. The number of hydrogen-bond donors (Lipinski definition) is 2. The zero-order chi connectivity index (χ0) is 22.8. The highest BCUT2D eigenvalue weighted by atomic mass is 32.2. The number of nitrogens with one attached hydrogen (secondary N) is 2. The molecule has 0 saturated heterocycles. The van der Waals surface area contributed by atoms with Crippen LogP contribution in [0.5, 0.6) is 0 Å². The van der Waals surface area contributed by atoms with Gasteiger partial charge in [0.2, 0.25) is 0 Å². The number of rotatable bonds is 6. The van der Waals surface area contributed by atoms with E-state index in [1.54, 1.807) is 43.3 Å². The fourth-order valence-corrected chi connectivity index (χ4v) is 4.34. The first-order valence-electron chi connectivity index (χ1n) is 9.34. The maximum absolute atomic E-state index is 12.9. The van der Waals surface area contributed by atoms with E-state index in [-0.39, 0.29) is 21.8 Å². The second-order valence-corrected chi connectivity index (χ2v) is 8.76. The molecule has 8 nitrogen and oxygen atoms in total. The molecule has 160 valence electrons. The Morgan fingerprint density at radius 3 is 2.29 bits per heavy atom. The van der Waals surface area contributed by atoms with E-state index in [4.69, 9.17) is 0 Å². The van der Waals surface area contributed by atoms with Gasteiger partial charge in [0.25, 0.3) is 21.6 Å². The summed E-state index contributed by atoms with van der Waals surface area (Å²) in [6, 6.07) is 15.6. The Labute approximate surface area is 180 Å². The van der Waals surface area contributed by atoms with Gasteiger partial charge in [0.15, 0.2) is 0 Å². The van der Waals surface area contributed by atoms with E-state index in [1.165, 1.54) is 31.2 Å². The number of amides is 1. The summed E-state index contributed by atoms with van der Waals surface area (Å²) < 4.78 is 28.3. The molecule has 3 rings (SSSR count). The highest BCUT2D eigenvalue weighted by Crippen LogP contribution is 2.26. The lowest BCUT2D eigenvalue weighted by atomic mass is 10.1. The quantitative estimate of drug-likeness (QED) is 0.431. The summed E-state index contributed by atoms with van der Waals surface area (Å²) >= 11 is 0. The Morgan fingerprint density at radius 1 is 0.968 bits per heavy atom. The first-order chi connectivity index (χ1) is 14.6. The maximum atomic E-state index is 12.9. The van der Waals surface area contributed by atoms with Crippen molar-refractivity contribution in [2.45, 2.75) is 25.7 Å². The second-order valence-electron chi connectivity index (χ2n) is 7.11. The number of carbonyl (C=O) groups excluding carboxylic acids is 1. The van der Waals surface area contributed by atoms with Crippen molar-refractivity contribution < 1.29 is 18.1 Å². The van der Waals surface area contributed by atoms with Gasteiger partial charge in [-0.15, -0.1) is 0 Å². The predicted molar refractivity (Wildman–Crippen MR) is 119 cm³/mol. The Kier molecular flexibility index (Phi) is 6.07. The molecule has 0 radical (unpaired) electrons. The summed E-state index contributed by atoms with van der Waals surface area (Å²) in [5.74, 6) is -0.574. The third kappa shape index (κ3) is 4.89. The minimum absolute atomic E-state index is 0.0310. The van der Waals surface area contributed by atoms with Gasteiger partial charge in [0.1, 0.15) is 0 Å². The summed E-state index contributed by atoms with van der Waals surface area (Å²) in [7, 11) is -3.93. The molecular formula is C22H21N3O5S. The molecule has 0 unspecified atom stereocenters. The van der Waals surface area contributed by atoms with E-state index in [0.717, 1.165) is 5.56 Å². The molecule has 3 aromatic carbocycles. The second kappa shape index (κ2) is 8.57. The van der Waals surface area contributed by atoms with Crippen LogP contribution >= 0.6 is 0 Å². The lowest BCUT2D eigenvalue weighted by Gasteiger charge is -2.13. The predicted octanol–water partition coefficient (Wildman–Crippen LogP) is 4.57. The number of carbonyl (C=O) groups is 1. The number of nitrogens with zero attached hydrogens (tertiary/aromatic N) is 1. The zero-order valence-corrected chi connectivity index (χ0v) is 18.0. The van der Waals surface area contributed by atoms with E-state index in [0.29, 0.717) is 16.8 Å². The van der Waals surface area contributed by atoms with Gasteiger partial charge >= 0.3 is 0 Å². The minimum Gasteiger partial charge on any atom is -0.321 e. The van der Waals surface area contributed by atoms with Crippen molar-refractivity contribution in [3.05, 3.63) is 93.0 Å². The molecule has 0 heterocycles. The molecule has 0 atom stereocenters. The third-order valence-corrected chi connectivity index (χ3v) is 6.32. The van der Waals surface area contributed by atoms with E-state index in [2.05, 4.69) is 10.0 Å². The molecule has 0 fully saturated rings. The summed E-state index contributed by atoms with van der Waals surface area (Å²) in [5, 5.41) is 13.7. The Bertz CT molecular complexity index is 1270. The topological polar surface area (TPSA) is 118 Å². The van der Waals surface area contributed by atoms with Crippen molar-refractivity contribution in [3.8, 4) is 0 Å². The highest BCUT2D eigenvalue weighted by molar-refractivity contribution is 7.92. The Hall–Kier alpha value is -3.72. The molecule has 1 amide bonds. The van der Waals surface area contributed by atoms with Gasteiger partial charge < -0.3 is 5.32 Å². The van der Waals surface area contributed by atoms with E-state index in [9.17, 15) is 23.3 Å². The number of hydrogen-bond acceptors (Lipinski definition) is 5. The average molecular weight is 439 g/mol. The smallest absolute Gasteiger partial charge is 0.274 e. The molecule has 9 heteroatoms. The van der Waals surface area contributed by atoms with Crippen LogP contribution < -0.4 is 10.0 Å². The lowest BCUT2D eigenvalue weighted by molar-refractivity contribution is -0.385. The molecule has 3 aromatic rings. The first-order valence-corrected chi connectivity index (χ1v) is 10.8. The minimum atomic E-state index is -3.93. The van der Waals surface area contributed by atoms with Crippen molar-refractivity contribution in [3.63, 3.8) is 0 Å². The third-order valence-electron chi connectivity index (χ3n) is 4.79. The number of anilines is 2. The van der Waals surface area contributed by atoms with Crippen LogP contribution in [-0.4, -0.2) is 19.2 Å². The van der Waals surface area contributed by atoms with Crippen LogP contribution in [0.25, 0.3) is 0 Å². The van der Waals surface area contributed by atoms with Crippen LogP contribution in [-0.2, 0) is 10.0 Å². The number of benzene rings is 3. The van der Waals surface area contributed by atoms with Crippen molar-refractivity contribution >= 4 is 33.0 Å². The van der Waals surface area contributed by atoms with Crippen molar-refractivity contribution in [1.82, 2.24) is 0 Å². The summed E-state index contributed by atoms with van der Waals surface area (Å²) in [5.41, 5.74) is 2.46. The van der Waals surface area contributed by atoms with Crippen LogP contribution in [0.4, 0.5) is 17.1 Å². The largest absolute Gasteiger partial charge is 0.321 e. The van der Waals surface area contributed by atoms with Crippen LogP contribution in [0.3, 0.4) is 0 Å². The van der Waals surface area contributed by atoms with Crippen molar-refractivity contribution in [2.75, 3.05) is 10.0 Å². The molecule has 0 aliphatic rings. The standard InChI is InChI=1S/C22H21N3O5S/c1-14-7-11-18(12-8-14)24-31(29,30)21-13-17(10-9-15(21)2)22(26)23-19-5-4-6-20(16(19)3)25(27)28/h4-13,24H,1-3H3,(H,23,26). The SMILES string of the molecule is Cc1ccc(NS(=O)(=O)c2cc(C(=O)Nc3cccc([N+](=O)[O-])c3C)ccc2C)cc1. The molecule has 2 N–H and O–H groups in total. The van der Waals surface area contributed by atoms with Crippen molar-refractivity contribution in [1.29, 1.82) is 0 Å². The normalized spacial score (nSPS) is 11.1. The fourth-order valence-electron chi connectivity index (χ4n) is 3.01. The number of nitro groups is 1. The summed E-state index contributed by atoms with van der Waals surface area (Å²) in [4.78, 5) is 23.3. The molecule has 0 aliphatic heterocycles. The van der Waals surface area contributed by atoms with Crippen LogP contribution in [0.1, 0.15) is 27.0 Å². The van der Waals surface area contributed by atoms with Crippen LogP contribution in [0, 0.1) is 30.9 Å². The first kappa shape index (κ1) is 22.0. The van der Waals surface area contributed by atoms with Gasteiger partial charge in [-0.25, -0.2) is 8.42 Å². The maximum Gasteiger partial charge on any atom is 0.274 e. The fraction of sp³-hybridized carbons (Fsp3) is 0.136. The number of aryl methyl sites for hydroxylation is 2. The highest BCUT2D eigenvalue weighted by Gasteiger charge is 2.21. The molecular weight excluding hydrogens is 418 g/mol. The van der Waals surface area contributed by atoms with Gasteiger partial charge in [-0.3, -0.25) is 19.6 Å². The average Bonchev–Trinajstić information content (AvgIpc) is 2.71. The van der Waals surface area contributed by atoms with Gasteiger partial charge in [-0.05, 0) is 56.7 Å². The molecule has 0 aliphatic carbocycles. The van der Waals surface area contributed by atoms with E-state index >= 15 is 0 Å². The van der Waals surface area contributed by atoms with Gasteiger partial charge in [0, 0.05) is 17.3 Å². The molecule has 0 aromatic heterocycles. The van der Waals surface area contributed by atoms with Gasteiger partial charge in [-0.1, -0.05) is 29.8 Å². The Morgan fingerprint density at radius 2 is 1.65 bits per heavy atom. The number of nitro benzene ring substituents is 1.